The van der Waals surface area contributed by atoms with Gasteiger partial charge in [-0.15, -0.1) is 0 Å². The molecule has 1 atom stereocenters. The van der Waals surface area contributed by atoms with E-state index in [1.807, 2.05) is 19.1 Å². The highest BCUT2D eigenvalue weighted by molar-refractivity contribution is 6.42. The van der Waals surface area contributed by atoms with Gasteiger partial charge in [0.1, 0.15) is 11.9 Å². The number of benzene rings is 1. The number of rotatable bonds is 2. The van der Waals surface area contributed by atoms with E-state index < -0.39 is 12.0 Å². The average Bonchev–Trinajstić information content (AvgIpc) is 2.96. The number of aromatic nitrogens is 2. The molecule has 1 aliphatic rings. The molecule has 1 aromatic carbocycles. The maximum Gasteiger partial charge on any atom is 0.338 e. The van der Waals surface area contributed by atoms with Crippen LogP contribution in [0.5, 0.6) is 0 Å². The minimum Gasteiger partial charge on any atom is -0.466 e. The molecule has 22 heavy (non-hydrogen) atoms. The van der Waals surface area contributed by atoms with Gasteiger partial charge in [0.25, 0.3) is 0 Å². The van der Waals surface area contributed by atoms with Crippen molar-refractivity contribution in [3.8, 4) is 0 Å². The monoisotopic (exact) mass is 337 g/mol. The number of carbonyl (C=O) groups excluding carboxylic acids is 1. The lowest BCUT2D eigenvalue weighted by molar-refractivity contribution is -0.136. The van der Waals surface area contributed by atoms with Gasteiger partial charge >= 0.3 is 5.97 Å². The average molecular weight is 338 g/mol. The second-order valence-corrected chi connectivity index (χ2v) is 5.65. The van der Waals surface area contributed by atoms with Crippen molar-refractivity contribution < 1.29 is 9.53 Å². The molecule has 2 aromatic rings. The molecule has 1 N–H and O–H groups in total. The molecule has 0 unspecified atom stereocenters. The zero-order chi connectivity index (χ0) is 15.9. The van der Waals surface area contributed by atoms with E-state index in [9.17, 15) is 4.79 Å². The van der Waals surface area contributed by atoms with Gasteiger partial charge in [0, 0.05) is 17.3 Å². The Labute approximate surface area is 137 Å². The summed E-state index contributed by atoms with van der Waals surface area (Å²) in [5.41, 5.74) is 1.84. The topological polar surface area (TPSA) is 56.1 Å². The molecule has 0 bridgehead atoms. The molecule has 2 heterocycles. The van der Waals surface area contributed by atoms with Gasteiger partial charge in [-0.25, -0.2) is 9.48 Å². The number of ether oxygens (including phenoxy) is 1. The third kappa shape index (κ3) is 2.26. The number of esters is 1. The SMILES string of the molecule is COC(=O)C1=C(C)Nc2ccnn2[C@H]1c1cccc(Cl)c1Cl. The first-order valence-electron chi connectivity index (χ1n) is 6.58. The normalized spacial score (nSPS) is 17.0. The smallest absolute Gasteiger partial charge is 0.338 e. The van der Waals surface area contributed by atoms with Gasteiger partial charge in [0.2, 0.25) is 0 Å². The molecule has 114 valence electrons. The van der Waals surface area contributed by atoms with Gasteiger partial charge in [0.05, 0.1) is 28.9 Å². The first kappa shape index (κ1) is 14.9. The summed E-state index contributed by atoms with van der Waals surface area (Å²) in [5.74, 6) is 0.332. The third-order valence-corrected chi connectivity index (χ3v) is 4.42. The fourth-order valence-corrected chi connectivity index (χ4v) is 3.01. The van der Waals surface area contributed by atoms with E-state index in [0.717, 1.165) is 5.82 Å². The third-order valence-electron chi connectivity index (χ3n) is 3.59. The molecule has 0 aliphatic carbocycles. The molecule has 5 nitrogen and oxygen atoms in total. The van der Waals surface area contributed by atoms with Gasteiger partial charge in [0.15, 0.2) is 0 Å². The molecule has 1 aliphatic heterocycles. The van der Waals surface area contributed by atoms with Crippen LogP contribution in [0.25, 0.3) is 0 Å². The summed E-state index contributed by atoms with van der Waals surface area (Å²) in [6.07, 6.45) is 1.65. The maximum atomic E-state index is 12.3. The second kappa shape index (κ2) is 5.66. The highest BCUT2D eigenvalue weighted by Gasteiger charge is 2.34. The first-order chi connectivity index (χ1) is 10.5. The number of hydrogen-bond acceptors (Lipinski definition) is 4. The van der Waals surface area contributed by atoms with Crippen molar-refractivity contribution in [2.75, 3.05) is 12.4 Å². The lowest BCUT2D eigenvalue weighted by Crippen LogP contribution is -2.29. The first-order valence-corrected chi connectivity index (χ1v) is 7.33. The minimum atomic E-state index is -0.495. The van der Waals surface area contributed by atoms with Crippen LogP contribution in [0.2, 0.25) is 10.0 Å². The van der Waals surface area contributed by atoms with Crippen molar-refractivity contribution in [3.05, 3.63) is 57.3 Å². The second-order valence-electron chi connectivity index (χ2n) is 4.86. The Bertz CT molecular complexity index is 783. The Balaban J connectivity index is 2.25. The fourth-order valence-electron chi connectivity index (χ4n) is 2.60. The summed E-state index contributed by atoms with van der Waals surface area (Å²) >= 11 is 12.5. The molecule has 0 radical (unpaired) electrons. The fraction of sp³-hybridized carbons (Fsp3) is 0.200. The summed E-state index contributed by atoms with van der Waals surface area (Å²) < 4.78 is 6.61. The Morgan fingerprint density at radius 1 is 1.36 bits per heavy atom. The summed E-state index contributed by atoms with van der Waals surface area (Å²) in [6, 6.07) is 6.64. The molecule has 1 aromatic heterocycles. The van der Waals surface area contributed by atoms with Gasteiger partial charge in [-0.1, -0.05) is 35.3 Å². The number of hydrogen-bond donors (Lipinski definition) is 1. The number of allylic oxidation sites excluding steroid dienone is 1. The standard InChI is InChI=1S/C15H13Cl2N3O2/c1-8-12(15(21)22-2)14(20-11(19-8)6-7-18-20)9-4-3-5-10(16)13(9)17/h3-7,14,19H,1-2H3/t14-/m0/s1. The van der Waals surface area contributed by atoms with Crippen LogP contribution >= 0.6 is 23.2 Å². The molecule has 3 rings (SSSR count). The van der Waals surface area contributed by atoms with Gasteiger partial charge in [-0.2, -0.15) is 5.10 Å². The summed E-state index contributed by atoms with van der Waals surface area (Å²) in [7, 11) is 1.35. The van der Waals surface area contributed by atoms with E-state index in [4.69, 9.17) is 27.9 Å². The van der Waals surface area contributed by atoms with Crippen molar-refractivity contribution in [2.24, 2.45) is 0 Å². The molecule has 7 heteroatoms. The van der Waals surface area contributed by atoms with Crippen molar-refractivity contribution in [3.63, 3.8) is 0 Å². The van der Waals surface area contributed by atoms with Crippen LogP contribution in [0.3, 0.4) is 0 Å². The number of fused-ring (bicyclic) bond motifs is 1. The lowest BCUT2D eigenvalue weighted by Gasteiger charge is -2.29. The number of nitrogens with zero attached hydrogens (tertiary/aromatic N) is 2. The summed E-state index contributed by atoms with van der Waals surface area (Å²) in [4.78, 5) is 12.3. The molecular formula is C15H13Cl2N3O2. The van der Waals surface area contributed by atoms with E-state index in [1.165, 1.54) is 7.11 Å². The number of carbonyl (C=O) groups is 1. The molecule has 0 saturated carbocycles. The predicted octanol–water partition coefficient (Wildman–Crippen LogP) is 3.65. The van der Waals surface area contributed by atoms with Crippen molar-refractivity contribution in [1.29, 1.82) is 0 Å². The molecule has 0 amide bonds. The van der Waals surface area contributed by atoms with Crippen molar-refractivity contribution in [2.45, 2.75) is 13.0 Å². The summed E-state index contributed by atoms with van der Waals surface area (Å²) in [6.45, 7) is 1.81. The predicted molar refractivity (Wildman–Crippen MR) is 85.2 cm³/mol. The Morgan fingerprint density at radius 3 is 2.86 bits per heavy atom. The molecule has 0 saturated heterocycles. The van der Waals surface area contributed by atoms with Crippen LogP contribution < -0.4 is 5.32 Å². The van der Waals surface area contributed by atoms with Crippen LogP contribution in [-0.4, -0.2) is 22.9 Å². The van der Waals surface area contributed by atoms with Gasteiger partial charge < -0.3 is 10.1 Å². The van der Waals surface area contributed by atoms with Gasteiger partial charge in [-0.05, 0) is 13.0 Å². The van der Waals surface area contributed by atoms with E-state index in [-0.39, 0.29) is 0 Å². The van der Waals surface area contributed by atoms with E-state index in [1.54, 1.807) is 23.0 Å². The van der Waals surface area contributed by atoms with E-state index in [0.29, 0.717) is 26.9 Å². The highest BCUT2D eigenvalue weighted by atomic mass is 35.5. The van der Waals surface area contributed by atoms with Crippen LogP contribution in [0, 0.1) is 0 Å². The van der Waals surface area contributed by atoms with E-state index >= 15 is 0 Å². The lowest BCUT2D eigenvalue weighted by atomic mass is 9.95. The number of anilines is 1. The summed E-state index contributed by atoms with van der Waals surface area (Å²) in [5, 5.41) is 8.26. The van der Waals surface area contributed by atoms with Crippen molar-refractivity contribution >= 4 is 35.0 Å². The quantitative estimate of drug-likeness (QED) is 0.850. The molecular weight excluding hydrogens is 325 g/mol. The van der Waals surface area contributed by atoms with Crippen LogP contribution in [0.15, 0.2) is 41.7 Å². The maximum absolute atomic E-state index is 12.3. The number of methoxy groups -OCH3 is 1. The van der Waals surface area contributed by atoms with Crippen LogP contribution in [0.4, 0.5) is 5.82 Å². The molecule has 0 spiro atoms. The molecule has 0 fully saturated rings. The zero-order valence-corrected chi connectivity index (χ0v) is 13.4. The van der Waals surface area contributed by atoms with Gasteiger partial charge in [-0.3, -0.25) is 0 Å². The minimum absolute atomic E-state index is 0.395. The zero-order valence-electron chi connectivity index (χ0n) is 11.9. The Kier molecular flexibility index (Phi) is 3.85. The van der Waals surface area contributed by atoms with Crippen LogP contribution in [-0.2, 0) is 9.53 Å². The Morgan fingerprint density at radius 2 is 2.14 bits per heavy atom. The number of nitrogens with one attached hydrogen (secondary N) is 1. The van der Waals surface area contributed by atoms with Crippen LogP contribution in [0.1, 0.15) is 18.5 Å². The highest BCUT2D eigenvalue weighted by Crippen LogP contribution is 2.40. The van der Waals surface area contributed by atoms with Crippen molar-refractivity contribution in [1.82, 2.24) is 9.78 Å². The largest absolute Gasteiger partial charge is 0.466 e. The Hall–Kier alpha value is -1.98. The van der Waals surface area contributed by atoms with E-state index in [2.05, 4.69) is 10.4 Å². The number of halogens is 2.